The summed E-state index contributed by atoms with van der Waals surface area (Å²) in [5.74, 6) is -1.44. The van der Waals surface area contributed by atoms with Crippen molar-refractivity contribution in [2.24, 2.45) is 0 Å². The molecular weight excluding hydrogens is 361 g/mol. The van der Waals surface area contributed by atoms with Gasteiger partial charge in [-0.25, -0.2) is 0 Å². The molecular formula is C18H21Cl2N3O2. The zero-order valence-corrected chi connectivity index (χ0v) is 15.7. The summed E-state index contributed by atoms with van der Waals surface area (Å²) in [6.07, 6.45) is 8.52. The van der Waals surface area contributed by atoms with Crippen molar-refractivity contribution in [3.8, 4) is 0 Å². The maximum Gasteiger partial charge on any atom is 0.255 e. The zero-order valence-electron chi connectivity index (χ0n) is 14.2. The van der Waals surface area contributed by atoms with E-state index < -0.39 is 11.6 Å². The second kappa shape index (κ2) is 9.68. The van der Waals surface area contributed by atoms with Crippen LogP contribution >= 0.6 is 23.2 Å². The first kappa shape index (κ1) is 19.6. The van der Waals surface area contributed by atoms with Crippen molar-refractivity contribution in [3.63, 3.8) is 0 Å². The summed E-state index contributed by atoms with van der Waals surface area (Å²) < 4.78 is 1.60. The third-order valence-corrected chi connectivity index (χ3v) is 4.44. The molecule has 1 aromatic carbocycles. The number of carbonyl (C=O) groups is 2. The Morgan fingerprint density at radius 1 is 1.04 bits per heavy atom. The number of benzene rings is 1. The lowest BCUT2D eigenvalue weighted by Gasteiger charge is -2.02. The molecule has 0 fully saturated rings. The van der Waals surface area contributed by atoms with Crippen molar-refractivity contribution in [1.82, 2.24) is 15.0 Å². The molecule has 0 unspecified atom stereocenters. The van der Waals surface area contributed by atoms with Crippen LogP contribution in [0.5, 0.6) is 0 Å². The van der Waals surface area contributed by atoms with Crippen LogP contribution in [0.4, 0.5) is 0 Å². The topological polar surface area (TPSA) is 64.8 Å². The van der Waals surface area contributed by atoms with Gasteiger partial charge in [0.2, 0.25) is 5.78 Å². The minimum Gasteiger partial charge on any atom is -0.285 e. The Kier molecular flexibility index (Phi) is 7.59. The molecule has 0 atom stereocenters. The average Bonchev–Trinajstić information content (AvgIpc) is 3.05. The molecule has 0 spiro atoms. The third-order valence-electron chi connectivity index (χ3n) is 3.89. The van der Waals surface area contributed by atoms with Crippen LogP contribution in [0, 0.1) is 0 Å². The van der Waals surface area contributed by atoms with E-state index in [9.17, 15) is 9.59 Å². The van der Waals surface area contributed by atoms with Gasteiger partial charge in [0.15, 0.2) is 5.69 Å². The molecule has 134 valence electrons. The molecule has 1 heterocycles. The highest BCUT2D eigenvalue weighted by molar-refractivity contribution is 6.51. The van der Waals surface area contributed by atoms with Gasteiger partial charge < -0.3 is 0 Å². The highest BCUT2D eigenvalue weighted by atomic mass is 35.5. The monoisotopic (exact) mass is 381 g/mol. The van der Waals surface area contributed by atoms with Gasteiger partial charge in [-0.15, -0.1) is 5.10 Å². The smallest absolute Gasteiger partial charge is 0.255 e. The molecule has 0 N–H and O–H groups in total. The Morgan fingerprint density at radius 2 is 1.76 bits per heavy atom. The molecule has 0 saturated heterocycles. The van der Waals surface area contributed by atoms with Gasteiger partial charge in [0, 0.05) is 17.1 Å². The fourth-order valence-electron chi connectivity index (χ4n) is 2.48. The highest BCUT2D eigenvalue weighted by Gasteiger charge is 2.23. The fraction of sp³-hybridized carbons (Fsp3) is 0.444. The normalized spacial score (nSPS) is 10.8. The predicted octanol–water partition coefficient (Wildman–Crippen LogP) is 5.01. The predicted molar refractivity (Wildman–Crippen MR) is 98.5 cm³/mol. The highest BCUT2D eigenvalue weighted by Crippen LogP contribution is 2.22. The molecule has 2 aromatic rings. The van der Waals surface area contributed by atoms with Crippen molar-refractivity contribution < 1.29 is 9.59 Å². The third kappa shape index (κ3) is 5.65. The van der Waals surface area contributed by atoms with Gasteiger partial charge in [0.1, 0.15) is 0 Å². The molecule has 0 saturated carbocycles. The largest absolute Gasteiger partial charge is 0.285 e. The lowest BCUT2D eigenvalue weighted by Crippen LogP contribution is -2.15. The van der Waals surface area contributed by atoms with E-state index in [2.05, 4.69) is 17.2 Å². The molecule has 7 heteroatoms. The number of Topliss-reactive ketones (excluding diaryl/α,β-unsaturated/α-hetero) is 2. The van der Waals surface area contributed by atoms with Gasteiger partial charge in [-0.1, -0.05) is 67.4 Å². The van der Waals surface area contributed by atoms with Crippen LogP contribution in [-0.4, -0.2) is 26.6 Å². The summed E-state index contributed by atoms with van der Waals surface area (Å²) in [4.78, 5) is 24.6. The molecule has 1 aromatic heterocycles. The summed E-state index contributed by atoms with van der Waals surface area (Å²) in [5, 5.41) is 8.28. The van der Waals surface area contributed by atoms with E-state index in [-0.39, 0.29) is 16.3 Å². The maximum atomic E-state index is 12.3. The number of hydrogen-bond donors (Lipinski definition) is 0. The summed E-state index contributed by atoms with van der Waals surface area (Å²) in [6, 6.07) is 4.38. The van der Waals surface area contributed by atoms with E-state index in [4.69, 9.17) is 23.2 Å². The molecule has 0 aliphatic rings. The molecule has 0 aliphatic heterocycles. The van der Waals surface area contributed by atoms with Crippen molar-refractivity contribution in [2.45, 2.75) is 52.0 Å². The fourth-order valence-corrected chi connectivity index (χ4v) is 2.97. The first-order chi connectivity index (χ1) is 12.0. The van der Waals surface area contributed by atoms with Crippen molar-refractivity contribution in [2.75, 3.05) is 0 Å². The minimum absolute atomic E-state index is 0.0296. The summed E-state index contributed by atoms with van der Waals surface area (Å²) in [5.41, 5.74) is 0.142. The number of hydrogen-bond acceptors (Lipinski definition) is 4. The van der Waals surface area contributed by atoms with E-state index >= 15 is 0 Å². The standard InChI is InChI=1S/C18H21Cl2N3O2/c1-2-3-4-5-6-7-10-23-12-16(21-22-23)18(25)17(24)14-9-8-13(19)11-15(14)20/h8-9,11-12H,2-7,10H2,1H3. The summed E-state index contributed by atoms with van der Waals surface area (Å²) in [6.45, 7) is 2.87. The first-order valence-electron chi connectivity index (χ1n) is 8.47. The average molecular weight is 382 g/mol. The quantitative estimate of drug-likeness (QED) is 0.329. The molecule has 25 heavy (non-hydrogen) atoms. The van der Waals surface area contributed by atoms with Crippen LogP contribution in [0.15, 0.2) is 24.4 Å². The van der Waals surface area contributed by atoms with Crippen molar-refractivity contribution >= 4 is 34.8 Å². The number of nitrogens with zero attached hydrogens (tertiary/aromatic N) is 3. The number of halogens is 2. The second-order valence-electron chi connectivity index (χ2n) is 5.92. The van der Waals surface area contributed by atoms with Crippen LogP contribution in [0.3, 0.4) is 0 Å². The van der Waals surface area contributed by atoms with E-state index in [0.717, 1.165) is 12.8 Å². The molecule has 0 radical (unpaired) electrons. The Balaban J connectivity index is 1.92. The van der Waals surface area contributed by atoms with Crippen LogP contribution in [0.25, 0.3) is 0 Å². The maximum absolute atomic E-state index is 12.3. The van der Waals surface area contributed by atoms with E-state index in [0.29, 0.717) is 11.6 Å². The Hall–Kier alpha value is -1.72. The molecule has 5 nitrogen and oxygen atoms in total. The van der Waals surface area contributed by atoms with Crippen LogP contribution < -0.4 is 0 Å². The van der Waals surface area contributed by atoms with Crippen LogP contribution in [-0.2, 0) is 6.54 Å². The second-order valence-corrected chi connectivity index (χ2v) is 6.76. The van der Waals surface area contributed by atoms with Gasteiger partial charge in [-0.3, -0.25) is 14.3 Å². The Morgan fingerprint density at radius 3 is 2.48 bits per heavy atom. The van der Waals surface area contributed by atoms with Gasteiger partial charge in [-0.2, -0.15) is 0 Å². The number of aromatic nitrogens is 3. The number of aryl methyl sites for hydroxylation is 1. The minimum atomic E-state index is -0.724. The first-order valence-corrected chi connectivity index (χ1v) is 9.22. The van der Waals surface area contributed by atoms with Crippen molar-refractivity contribution in [3.05, 3.63) is 45.7 Å². The molecule has 2 rings (SSSR count). The lowest BCUT2D eigenvalue weighted by atomic mass is 10.1. The lowest BCUT2D eigenvalue weighted by molar-refractivity contribution is 0.0814. The molecule has 0 aliphatic carbocycles. The van der Waals surface area contributed by atoms with E-state index in [1.54, 1.807) is 4.68 Å². The van der Waals surface area contributed by atoms with Gasteiger partial charge in [0.05, 0.1) is 11.2 Å². The SMILES string of the molecule is CCCCCCCCn1cc(C(=O)C(=O)c2ccc(Cl)cc2Cl)nn1. The van der Waals surface area contributed by atoms with Gasteiger partial charge in [-0.05, 0) is 24.6 Å². The van der Waals surface area contributed by atoms with Gasteiger partial charge >= 0.3 is 0 Å². The summed E-state index contributed by atoms with van der Waals surface area (Å²) >= 11 is 11.8. The Labute approximate surface area is 157 Å². The van der Waals surface area contributed by atoms with Gasteiger partial charge in [0.25, 0.3) is 5.78 Å². The van der Waals surface area contributed by atoms with Crippen LogP contribution in [0.1, 0.15) is 66.3 Å². The van der Waals surface area contributed by atoms with Crippen LogP contribution in [0.2, 0.25) is 10.0 Å². The van der Waals surface area contributed by atoms with Crippen molar-refractivity contribution in [1.29, 1.82) is 0 Å². The molecule has 0 amide bonds. The zero-order chi connectivity index (χ0) is 18.2. The number of ketones is 2. The Bertz CT molecular complexity index is 744. The number of unbranched alkanes of at least 4 members (excludes halogenated alkanes) is 5. The van der Waals surface area contributed by atoms with E-state index in [1.807, 2.05) is 0 Å². The van der Waals surface area contributed by atoms with E-state index in [1.165, 1.54) is 50.1 Å². The summed E-state index contributed by atoms with van der Waals surface area (Å²) in [7, 11) is 0. The number of carbonyl (C=O) groups excluding carboxylic acids is 2. The number of rotatable bonds is 10. The molecule has 0 bridgehead atoms.